The summed E-state index contributed by atoms with van der Waals surface area (Å²) in [6.07, 6.45) is -4.06. The normalized spacial score (nSPS) is 12.7. The van der Waals surface area contributed by atoms with Crippen molar-refractivity contribution in [3.8, 4) is 5.69 Å². The molecule has 2 heterocycles. The highest BCUT2D eigenvalue weighted by atomic mass is 35.5. The number of nitrogens with two attached hydrogens (primary N) is 1. The lowest BCUT2D eigenvalue weighted by molar-refractivity contribution is -0.137. The average Bonchev–Trinajstić information content (AvgIpc) is 2.73. The van der Waals surface area contributed by atoms with Crippen LogP contribution in [0.1, 0.15) is 24.2 Å². The van der Waals surface area contributed by atoms with E-state index in [2.05, 4.69) is 15.3 Å². The summed E-state index contributed by atoms with van der Waals surface area (Å²) < 4.78 is 41.8. The van der Waals surface area contributed by atoms with Gasteiger partial charge in [-0.2, -0.15) is 18.2 Å². The highest BCUT2D eigenvalue weighted by molar-refractivity contribution is 6.35. The van der Waals surface area contributed by atoms with Gasteiger partial charge in [0.25, 0.3) is 5.56 Å². The molecule has 0 fully saturated rings. The van der Waals surface area contributed by atoms with Crippen molar-refractivity contribution < 1.29 is 13.2 Å². The minimum absolute atomic E-state index is 0.285. The van der Waals surface area contributed by atoms with Gasteiger partial charge in [0, 0.05) is 17.6 Å². The second-order valence-corrected chi connectivity index (χ2v) is 7.51. The van der Waals surface area contributed by atoms with Crippen molar-refractivity contribution in [3.05, 3.63) is 87.4 Å². The first-order valence-corrected chi connectivity index (χ1v) is 9.90. The van der Waals surface area contributed by atoms with Crippen LogP contribution in [0, 0.1) is 0 Å². The van der Waals surface area contributed by atoms with Gasteiger partial charge in [0.15, 0.2) is 0 Å². The third kappa shape index (κ3) is 3.99. The summed E-state index contributed by atoms with van der Waals surface area (Å²) in [5.41, 5.74) is 5.04. The molecule has 6 nitrogen and oxygen atoms in total. The molecule has 0 bridgehead atoms. The maximum absolute atomic E-state index is 13.5. The minimum Gasteiger partial charge on any atom is -0.368 e. The Bertz CT molecular complexity index is 1360. The molecule has 164 valence electrons. The van der Waals surface area contributed by atoms with Crippen molar-refractivity contribution >= 4 is 34.1 Å². The van der Waals surface area contributed by atoms with E-state index in [-0.39, 0.29) is 16.5 Å². The first-order chi connectivity index (χ1) is 15.2. The van der Waals surface area contributed by atoms with Crippen LogP contribution in [0.3, 0.4) is 0 Å². The summed E-state index contributed by atoms with van der Waals surface area (Å²) in [4.78, 5) is 20.6. The quantitative estimate of drug-likeness (QED) is 0.437. The van der Waals surface area contributed by atoms with Gasteiger partial charge in [0.1, 0.15) is 11.4 Å². The molecule has 0 radical (unpaired) electrons. The lowest BCUT2D eigenvalue weighted by atomic mass is 10.1. The molecule has 32 heavy (non-hydrogen) atoms. The van der Waals surface area contributed by atoms with Gasteiger partial charge in [-0.05, 0) is 36.6 Å². The van der Waals surface area contributed by atoms with Gasteiger partial charge >= 0.3 is 6.18 Å². The second-order valence-electron chi connectivity index (χ2n) is 7.10. The maximum Gasteiger partial charge on any atom is 0.421 e. The fourth-order valence-electron chi connectivity index (χ4n) is 3.49. The molecular formula is C22H17ClF3N5O. The molecule has 0 saturated carbocycles. The summed E-state index contributed by atoms with van der Waals surface area (Å²) in [5.74, 6) is -0.783. The summed E-state index contributed by atoms with van der Waals surface area (Å²) >= 11 is 6.29. The van der Waals surface area contributed by atoms with Gasteiger partial charge in [0.05, 0.1) is 16.5 Å². The number of fused-ring (bicyclic) bond motifs is 1. The minimum atomic E-state index is -4.69. The van der Waals surface area contributed by atoms with Gasteiger partial charge in [-0.3, -0.25) is 9.36 Å². The predicted octanol–water partition coefficient (Wildman–Crippen LogP) is 5.21. The van der Waals surface area contributed by atoms with Crippen LogP contribution in [-0.2, 0) is 6.18 Å². The van der Waals surface area contributed by atoms with Crippen molar-refractivity contribution in [1.29, 1.82) is 0 Å². The van der Waals surface area contributed by atoms with Crippen LogP contribution < -0.4 is 16.6 Å². The first kappa shape index (κ1) is 21.6. The Balaban J connectivity index is 1.92. The molecule has 10 heteroatoms. The molecule has 4 rings (SSSR count). The standard InChI is InChI=1S/C22H17ClF3N5O/c1-12(29-19-15(22(24,25)26)11-28-21(27)30-19)17-10-13-6-5-9-16(23)18(13)20(32)31(17)14-7-3-2-4-8-14/h2-12H,1H3,(H3,27,28,29,30). The monoisotopic (exact) mass is 459 g/mol. The third-order valence-corrected chi connectivity index (χ3v) is 5.26. The highest BCUT2D eigenvalue weighted by Gasteiger charge is 2.35. The smallest absolute Gasteiger partial charge is 0.368 e. The van der Waals surface area contributed by atoms with E-state index in [1.54, 1.807) is 61.5 Å². The van der Waals surface area contributed by atoms with Crippen LogP contribution >= 0.6 is 11.6 Å². The van der Waals surface area contributed by atoms with Crippen molar-refractivity contribution in [2.24, 2.45) is 0 Å². The van der Waals surface area contributed by atoms with Crippen LogP contribution in [0.25, 0.3) is 16.5 Å². The number of pyridine rings is 1. The molecule has 2 aromatic carbocycles. The Morgan fingerprint density at radius 2 is 1.84 bits per heavy atom. The van der Waals surface area contributed by atoms with E-state index in [9.17, 15) is 18.0 Å². The van der Waals surface area contributed by atoms with Gasteiger partial charge in [-0.15, -0.1) is 0 Å². The van der Waals surface area contributed by atoms with E-state index >= 15 is 0 Å². The van der Waals surface area contributed by atoms with Gasteiger partial charge in [0.2, 0.25) is 5.95 Å². The molecule has 0 amide bonds. The summed E-state index contributed by atoms with van der Waals surface area (Å²) in [7, 11) is 0. The van der Waals surface area contributed by atoms with E-state index in [0.29, 0.717) is 28.4 Å². The second kappa shape index (κ2) is 8.16. The highest BCUT2D eigenvalue weighted by Crippen LogP contribution is 2.35. The van der Waals surface area contributed by atoms with Crippen LogP contribution in [0.15, 0.2) is 65.6 Å². The number of hydrogen-bond donors (Lipinski definition) is 2. The van der Waals surface area contributed by atoms with Crippen LogP contribution in [-0.4, -0.2) is 14.5 Å². The number of rotatable bonds is 4. The Morgan fingerprint density at radius 3 is 2.53 bits per heavy atom. The SMILES string of the molecule is CC(Nc1nc(N)ncc1C(F)(F)F)c1cc2cccc(Cl)c2c(=O)n1-c1ccccc1. The zero-order valence-electron chi connectivity index (χ0n) is 16.7. The van der Waals surface area contributed by atoms with Gasteiger partial charge in [-0.1, -0.05) is 41.9 Å². The van der Waals surface area contributed by atoms with E-state index in [1.807, 2.05) is 0 Å². The maximum atomic E-state index is 13.5. The summed E-state index contributed by atoms with van der Waals surface area (Å²) in [6.45, 7) is 1.63. The summed E-state index contributed by atoms with van der Waals surface area (Å²) in [5, 5.41) is 3.91. The van der Waals surface area contributed by atoms with Crippen LogP contribution in [0.2, 0.25) is 5.02 Å². The molecule has 0 aliphatic heterocycles. The van der Waals surface area contributed by atoms with Crippen LogP contribution in [0.4, 0.5) is 24.9 Å². The fraction of sp³-hybridized carbons (Fsp3) is 0.136. The predicted molar refractivity (Wildman–Crippen MR) is 118 cm³/mol. The van der Waals surface area contributed by atoms with Gasteiger partial charge in [-0.25, -0.2) is 4.98 Å². The zero-order chi connectivity index (χ0) is 23.0. The molecule has 4 aromatic rings. The lowest BCUT2D eigenvalue weighted by Gasteiger charge is -2.23. The van der Waals surface area contributed by atoms with Crippen molar-refractivity contribution in [1.82, 2.24) is 14.5 Å². The lowest BCUT2D eigenvalue weighted by Crippen LogP contribution is -2.26. The number of benzene rings is 2. The number of nitrogens with zero attached hydrogens (tertiary/aromatic N) is 3. The van der Waals surface area contributed by atoms with E-state index in [1.165, 1.54) is 4.57 Å². The molecule has 0 aliphatic carbocycles. The molecule has 0 aliphatic rings. The number of nitrogens with one attached hydrogen (secondary N) is 1. The number of halogens is 4. The fourth-order valence-corrected chi connectivity index (χ4v) is 3.76. The van der Waals surface area contributed by atoms with Crippen molar-refractivity contribution in [2.75, 3.05) is 11.1 Å². The Kier molecular flexibility index (Phi) is 5.52. The van der Waals surface area contributed by atoms with E-state index in [4.69, 9.17) is 17.3 Å². The molecule has 1 unspecified atom stereocenters. The Labute approximate surface area is 185 Å². The van der Waals surface area contributed by atoms with Gasteiger partial charge < -0.3 is 11.1 Å². The topological polar surface area (TPSA) is 85.8 Å². The third-order valence-electron chi connectivity index (χ3n) is 4.95. The number of para-hydroxylation sites is 1. The Hall–Kier alpha value is -3.59. The molecular weight excluding hydrogens is 443 g/mol. The molecule has 2 aromatic heterocycles. The number of nitrogen functional groups attached to an aromatic ring is 1. The van der Waals surface area contributed by atoms with E-state index < -0.39 is 23.6 Å². The average molecular weight is 460 g/mol. The zero-order valence-corrected chi connectivity index (χ0v) is 17.4. The van der Waals surface area contributed by atoms with Crippen molar-refractivity contribution in [2.45, 2.75) is 19.1 Å². The molecule has 3 N–H and O–H groups in total. The number of alkyl halides is 3. The largest absolute Gasteiger partial charge is 0.421 e. The number of anilines is 2. The number of aromatic nitrogens is 3. The molecule has 0 saturated heterocycles. The molecule has 0 spiro atoms. The number of hydrogen-bond acceptors (Lipinski definition) is 5. The summed E-state index contributed by atoms with van der Waals surface area (Å²) in [6, 6.07) is 14.7. The first-order valence-electron chi connectivity index (χ1n) is 9.52. The Morgan fingerprint density at radius 1 is 1.12 bits per heavy atom. The van der Waals surface area contributed by atoms with E-state index in [0.717, 1.165) is 0 Å². The molecule has 1 atom stereocenters. The van der Waals surface area contributed by atoms with Crippen molar-refractivity contribution in [3.63, 3.8) is 0 Å². The van der Waals surface area contributed by atoms with Crippen LogP contribution in [0.5, 0.6) is 0 Å².